The summed E-state index contributed by atoms with van der Waals surface area (Å²) in [5.41, 5.74) is 1.98. The van der Waals surface area contributed by atoms with Crippen molar-refractivity contribution in [3.63, 3.8) is 0 Å². The Kier molecular flexibility index (Phi) is 7.44. The van der Waals surface area contributed by atoms with E-state index in [1.165, 1.54) is 25.0 Å². The topological polar surface area (TPSA) is 81.8 Å². The van der Waals surface area contributed by atoms with Crippen molar-refractivity contribution in [1.29, 1.82) is 0 Å². The second kappa shape index (κ2) is 10.9. The average molecular weight is 507 g/mol. The Morgan fingerprint density at radius 3 is 2.24 bits per heavy atom. The summed E-state index contributed by atoms with van der Waals surface area (Å²) in [6.45, 7) is 1.46. The van der Waals surface area contributed by atoms with Crippen LogP contribution in [0.5, 0.6) is 0 Å². The zero-order valence-electron chi connectivity index (χ0n) is 21.1. The Bertz CT molecular complexity index is 1100. The number of hydrogen-bond donors (Lipinski definition) is 2. The quantitative estimate of drug-likeness (QED) is 0.339. The van der Waals surface area contributed by atoms with Crippen molar-refractivity contribution in [3.8, 4) is 0 Å². The predicted octanol–water partition coefficient (Wildman–Crippen LogP) is 4.67. The molecule has 1 atom stereocenters. The van der Waals surface area contributed by atoms with Gasteiger partial charge in [-0.3, -0.25) is 9.59 Å². The number of carbonyl (C=O) groups is 3. The number of urea groups is 1. The van der Waals surface area contributed by atoms with Gasteiger partial charge in [-0.25, -0.2) is 9.18 Å². The van der Waals surface area contributed by atoms with Crippen LogP contribution in [0.25, 0.3) is 0 Å². The first kappa shape index (κ1) is 25.2. The van der Waals surface area contributed by atoms with Gasteiger partial charge in [-0.05, 0) is 61.1 Å². The Morgan fingerprint density at radius 2 is 1.62 bits per heavy atom. The number of halogens is 1. The van der Waals surface area contributed by atoms with Gasteiger partial charge in [0.25, 0.3) is 0 Å². The Balaban J connectivity index is 1.32. The molecule has 2 aliphatic heterocycles. The minimum atomic E-state index is -0.616. The van der Waals surface area contributed by atoms with E-state index >= 15 is 0 Å². The normalized spacial score (nSPS) is 21.8. The lowest BCUT2D eigenvalue weighted by molar-refractivity contribution is -0.144. The molecule has 3 fully saturated rings. The Hall–Kier alpha value is -3.42. The molecule has 2 aromatic rings. The highest BCUT2D eigenvalue weighted by molar-refractivity contribution is 6.06. The minimum Gasteiger partial charge on any atom is -0.355 e. The third kappa shape index (κ3) is 5.06. The number of piperidine rings is 1. The molecule has 0 bridgehead atoms. The number of benzene rings is 2. The number of nitrogens with zero attached hydrogens (tertiary/aromatic N) is 2. The van der Waals surface area contributed by atoms with Crippen LogP contribution in [0.3, 0.4) is 0 Å². The number of nitrogens with one attached hydrogen (secondary N) is 2. The Labute approximate surface area is 217 Å². The van der Waals surface area contributed by atoms with Gasteiger partial charge in [0.05, 0.1) is 11.5 Å². The van der Waals surface area contributed by atoms with Gasteiger partial charge in [0.15, 0.2) is 0 Å². The molecule has 7 nitrogen and oxygen atoms in total. The van der Waals surface area contributed by atoms with E-state index in [-0.39, 0.29) is 29.8 Å². The molecule has 2 heterocycles. The lowest BCUT2D eigenvalue weighted by atomic mass is 9.62. The van der Waals surface area contributed by atoms with Crippen molar-refractivity contribution in [1.82, 2.24) is 15.5 Å². The number of amides is 4. The summed E-state index contributed by atoms with van der Waals surface area (Å²) in [5, 5.41) is 5.87. The molecular weight excluding hydrogens is 471 g/mol. The standard InChI is InChI=1S/C29H35FN4O3/c30-23-11-9-22(10-12-23)26-29(27(36)34(26)25-13-7-21(8-14-25)19-31-20-35)15-17-33(18-16-29)28(37)32-24-5-3-1-2-4-6-24/h7-14,20,24,26H,1-6,15-19H2,(H,31,35)(H,32,37). The van der Waals surface area contributed by atoms with Crippen molar-refractivity contribution in [2.24, 2.45) is 5.41 Å². The third-order valence-electron chi connectivity index (χ3n) is 8.34. The van der Waals surface area contributed by atoms with Crippen LogP contribution in [0.15, 0.2) is 48.5 Å². The van der Waals surface area contributed by atoms with Gasteiger partial charge in [-0.2, -0.15) is 0 Å². The van der Waals surface area contributed by atoms with Crippen molar-refractivity contribution in [2.75, 3.05) is 18.0 Å². The van der Waals surface area contributed by atoms with Gasteiger partial charge in [-0.15, -0.1) is 0 Å². The van der Waals surface area contributed by atoms with E-state index in [0.717, 1.165) is 42.5 Å². The predicted molar refractivity (Wildman–Crippen MR) is 139 cm³/mol. The minimum absolute atomic E-state index is 0.0248. The highest BCUT2D eigenvalue weighted by atomic mass is 19.1. The monoisotopic (exact) mass is 506 g/mol. The van der Waals surface area contributed by atoms with Crippen LogP contribution in [0.2, 0.25) is 0 Å². The molecule has 1 saturated carbocycles. The summed E-state index contributed by atoms with van der Waals surface area (Å²) in [4.78, 5) is 41.0. The van der Waals surface area contributed by atoms with Crippen LogP contribution in [0.1, 0.15) is 68.5 Å². The van der Waals surface area contributed by atoms with E-state index in [2.05, 4.69) is 10.6 Å². The smallest absolute Gasteiger partial charge is 0.317 e. The molecule has 1 aliphatic carbocycles. The molecular formula is C29H35FN4O3. The second-order valence-corrected chi connectivity index (χ2v) is 10.6. The molecule has 5 rings (SSSR count). The molecule has 1 unspecified atom stereocenters. The Morgan fingerprint density at radius 1 is 0.973 bits per heavy atom. The first-order valence-corrected chi connectivity index (χ1v) is 13.4. The summed E-state index contributed by atoms with van der Waals surface area (Å²) < 4.78 is 13.7. The average Bonchev–Trinajstić information content (AvgIpc) is 3.20. The van der Waals surface area contributed by atoms with E-state index < -0.39 is 5.41 Å². The van der Waals surface area contributed by atoms with E-state index in [4.69, 9.17) is 0 Å². The van der Waals surface area contributed by atoms with Crippen LogP contribution in [0.4, 0.5) is 14.9 Å². The summed E-state index contributed by atoms with van der Waals surface area (Å²) >= 11 is 0. The zero-order valence-corrected chi connectivity index (χ0v) is 21.1. The molecule has 2 N–H and O–H groups in total. The number of carbonyl (C=O) groups excluding carboxylic acids is 3. The van der Waals surface area contributed by atoms with Crippen molar-refractivity contribution < 1.29 is 18.8 Å². The van der Waals surface area contributed by atoms with Gasteiger partial charge in [0.2, 0.25) is 12.3 Å². The van der Waals surface area contributed by atoms with Gasteiger partial charge >= 0.3 is 6.03 Å². The van der Waals surface area contributed by atoms with Crippen LogP contribution < -0.4 is 15.5 Å². The molecule has 2 saturated heterocycles. The van der Waals surface area contributed by atoms with Crippen molar-refractivity contribution >= 4 is 24.0 Å². The molecule has 3 aliphatic rings. The fourth-order valence-electron chi connectivity index (χ4n) is 6.25. The first-order chi connectivity index (χ1) is 18.0. The van der Waals surface area contributed by atoms with Gasteiger partial charge < -0.3 is 20.4 Å². The fourth-order valence-corrected chi connectivity index (χ4v) is 6.25. The number of anilines is 1. The summed E-state index contributed by atoms with van der Waals surface area (Å²) in [5.74, 6) is -0.267. The van der Waals surface area contributed by atoms with Crippen LogP contribution in [0, 0.1) is 11.2 Å². The third-order valence-corrected chi connectivity index (χ3v) is 8.34. The van der Waals surface area contributed by atoms with E-state index in [9.17, 15) is 18.8 Å². The van der Waals surface area contributed by atoms with E-state index in [0.29, 0.717) is 38.9 Å². The fraction of sp³-hybridized carbons (Fsp3) is 0.483. The number of β-lactam (4-membered cyclic amide) rings is 1. The highest BCUT2D eigenvalue weighted by Crippen LogP contribution is 2.57. The van der Waals surface area contributed by atoms with E-state index in [1.54, 1.807) is 17.0 Å². The van der Waals surface area contributed by atoms with Crippen LogP contribution in [-0.4, -0.2) is 42.4 Å². The SMILES string of the molecule is O=CNCc1ccc(N2C(=O)C3(CCN(C(=O)NC4CCCCCC4)CC3)C2c2ccc(F)cc2)cc1. The lowest BCUT2D eigenvalue weighted by Crippen LogP contribution is -2.67. The molecule has 4 amide bonds. The maximum atomic E-state index is 13.8. The molecule has 1 spiro atoms. The largest absolute Gasteiger partial charge is 0.355 e. The molecule has 2 aromatic carbocycles. The highest BCUT2D eigenvalue weighted by Gasteiger charge is 2.62. The molecule has 0 aromatic heterocycles. The van der Waals surface area contributed by atoms with Gasteiger partial charge in [0, 0.05) is 31.4 Å². The maximum Gasteiger partial charge on any atom is 0.317 e. The maximum absolute atomic E-state index is 13.8. The second-order valence-electron chi connectivity index (χ2n) is 10.6. The zero-order chi connectivity index (χ0) is 25.8. The van der Waals surface area contributed by atoms with Crippen molar-refractivity contribution in [2.45, 2.75) is 70.0 Å². The number of rotatable bonds is 6. The molecule has 37 heavy (non-hydrogen) atoms. The number of hydrogen-bond acceptors (Lipinski definition) is 3. The van der Waals surface area contributed by atoms with Gasteiger partial charge in [-0.1, -0.05) is 49.9 Å². The van der Waals surface area contributed by atoms with E-state index in [1.807, 2.05) is 29.2 Å². The van der Waals surface area contributed by atoms with Crippen LogP contribution in [-0.2, 0) is 16.1 Å². The van der Waals surface area contributed by atoms with Gasteiger partial charge in [0.1, 0.15) is 5.82 Å². The molecule has 196 valence electrons. The summed E-state index contributed by atoms with van der Waals surface area (Å²) in [6, 6.07) is 13.9. The molecule has 8 heteroatoms. The number of likely N-dealkylation sites (tertiary alicyclic amines) is 1. The van der Waals surface area contributed by atoms with Crippen LogP contribution >= 0.6 is 0 Å². The van der Waals surface area contributed by atoms with Crippen molar-refractivity contribution in [3.05, 3.63) is 65.5 Å². The summed E-state index contributed by atoms with van der Waals surface area (Å²) in [6.07, 6.45) is 8.67. The first-order valence-electron chi connectivity index (χ1n) is 13.4. The lowest BCUT2D eigenvalue weighted by Gasteiger charge is -2.59. The summed E-state index contributed by atoms with van der Waals surface area (Å²) in [7, 11) is 0. The molecule has 0 radical (unpaired) electrons.